The lowest BCUT2D eigenvalue weighted by molar-refractivity contribution is -0.133. The van der Waals surface area contributed by atoms with Gasteiger partial charge in [-0.3, -0.25) is 4.79 Å². The molecule has 1 unspecified atom stereocenters. The van der Waals surface area contributed by atoms with Crippen molar-refractivity contribution in [3.05, 3.63) is 64.1 Å². The summed E-state index contributed by atoms with van der Waals surface area (Å²) in [6, 6.07) is 10.7. The summed E-state index contributed by atoms with van der Waals surface area (Å²) in [6.45, 7) is 7.67. The highest BCUT2D eigenvalue weighted by Gasteiger charge is 2.31. The van der Waals surface area contributed by atoms with E-state index in [4.69, 9.17) is 16.3 Å². The van der Waals surface area contributed by atoms with E-state index in [-0.39, 0.29) is 5.91 Å². The summed E-state index contributed by atoms with van der Waals surface area (Å²) in [5, 5.41) is 7.62. The summed E-state index contributed by atoms with van der Waals surface area (Å²) in [6.07, 6.45) is 1.32. The predicted molar refractivity (Wildman–Crippen MR) is 158 cm³/mol. The Balaban J connectivity index is 1.29. The van der Waals surface area contributed by atoms with Crippen molar-refractivity contribution in [2.24, 2.45) is 0 Å². The summed E-state index contributed by atoms with van der Waals surface area (Å²) < 4.78 is 6.49. The first-order valence-corrected chi connectivity index (χ1v) is 14.8. The van der Waals surface area contributed by atoms with E-state index in [1.165, 1.54) is 10.4 Å². The molecule has 4 heterocycles. The zero-order valence-electron chi connectivity index (χ0n) is 22.0. The van der Waals surface area contributed by atoms with E-state index in [1.54, 1.807) is 66.8 Å². The molecule has 1 fully saturated rings. The normalized spacial score (nSPS) is 14.9. The fourth-order valence-electron chi connectivity index (χ4n) is 4.48. The number of ether oxygens (including phenoxy) is 1. The van der Waals surface area contributed by atoms with Gasteiger partial charge in [0.25, 0.3) is 0 Å². The summed E-state index contributed by atoms with van der Waals surface area (Å²) in [7, 11) is 0. The lowest BCUT2D eigenvalue weighted by Crippen LogP contribution is -2.56. The second kappa shape index (κ2) is 11.5. The van der Waals surface area contributed by atoms with Gasteiger partial charge in [0.2, 0.25) is 5.91 Å². The largest absolute Gasteiger partial charge is 0.444 e. The van der Waals surface area contributed by atoms with E-state index in [2.05, 4.69) is 43.1 Å². The maximum Gasteiger partial charge on any atom is 0.408 e. The highest BCUT2D eigenvalue weighted by atomic mass is 35.5. The van der Waals surface area contributed by atoms with Crippen LogP contribution < -0.4 is 10.2 Å². The van der Waals surface area contributed by atoms with Crippen LogP contribution in [0.5, 0.6) is 0 Å². The van der Waals surface area contributed by atoms with Crippen LogP contribution in [0.25, 0.3) is 20.7 Å². The number of rotatable bonds is 6. The molecule has 0 saturated carbocycles. The zero-order valence-corrected chi connectivity index (χ0v) is 24.4. The van der Waals surface area contributed by atoms with Crippen molar-refractivity contribution in [1.29, 1.82) is 0 Å². The number of hydrogen-bond donors (Lipinski definition) is 1. The first kappa shape index (κ1) is 27.4. The lowest BCUT2D eigenvalue weighted by atomic mass is 10.0. The van der Waals surface area contributed by atoms with Crippen molar-refractivity contribution < 1.29 is 14.3 Å². The van der Waals surface area contributed by atoms with Crippen LogP contribution in [0.15, 0.2) is 53.5 Å². The van der Waals surface area contributed by atoms with E-state index < -0.39 is 17.7 Å². The van der Waals surface area contributed by atoms with Gasteiger partial charge in [-0.15, -0.1) is 11.3 Å². The third-order valence-corrected chi connectivity index (χ3v) is 8.44. The van der Waals surface area contributed by atoms with Crippen molar-refractivity contribution >= 4 is 62.3 Å². The Kier molecular flexibility index (Phi) is 8.06. The van der Waals surface area contributed by atoms with Gasteiger partial charge in [0, 0.05) is 48.1 Å². The van der Waals surface area contributed by atoms with Crippen LogP contribution in [0, 0.1) is 0 Å². The first-order valence-electron chi connectivity index (χ1n) is 12.7. The zero-order chi connectivity index (χ0) is 27.6. The van der Waals surface area contributed by atoms with Gasteiger partial charge in [0.15, 0.2) is 0 Å². The number of piperazine rings is 1. The second-order valence-corrected chi connectivity index (χ2v) is 12.6. The Hall–Kier alpha value is -3.21. The Bertz CT molecular complexity index is 1440. The van der Waals surface area contributed by atoms with Crippen LogP contribution in [0.1, 0.15) is 26.3 Å². The monoisotopic (exact) mass is 583 g/mol. The number of halogens is 1. The topological polar surface area (TPSA) is 87.7 Å². The fourth-order valence-corrected chi connectivity index (χ4v) is 6.46. The molecule has 0 spiro atoms. The van der Waals surface area contributed by atoms with Gasteiger partial charge < -0.3 is 19.9 Å². The smallest absolute Gasteiger partial charge is 0.408 e. The van der Waals surface area contributed by atoms with E-state index in [0.717, 1.165) is 21.6 Å². The third kappa shape index (κ3) is 6.69. The third-order valence-electron chi connectivity index (χ3n) is 6.33. The Morgan fingerprint density at radius 2 is 1.85 bits per heavy atom. The van der Waals surface area contributed by atoms with Crippen LogP contribution in [-0.4, -0.2) is 64.7 Å². The molecule has 1 atom stereocenters. The number of fused-ring (bicyclic) bond motifs is 1. The lowest BCUT2D eigenvalue weighted by Gasteiger charge is -2.37. The van der Waals surface area contributed by atoms with Gasteiger partial charge in [0.1, 0.15) is 23.8 Å². The molecule has 0 aliphatic carbocycles. The van der Waals surface area contributed by atoms with Gasteiger partial charge in [0.05, 0.1) is 10.2 Å². The number of amides is 2. The van der Waals surface area contributed by atoms with Crippen LogP contribution in [-0.2, 0) is 16.0 Å². The molecule has 8 nitrogen and oxygen atoms in total. The number of nitrogens with zero attached hydrogens (tertiary/aromatic N) is 4. The minimum absolute atomic E-state index is 0.140. The molecule has 204 valence electrons. The standard InChI is InChI=1S/C28H30ClN5O3S2/c1-28(2,3)37-27(36)32-22(14-18-4-6-20(29)7-5-18)26(35)34-11-9-33(10-12-34)25-24-21(30-17-31-25)15-23(39-24)19-8-13-38-16-19/h4-8,13,15-17,22H,9-12,14H2,1-3H3,(H,32,36). The van der Waals surface area contributed by atoms with Crippen molar-refractivity contribution in [1.82, 2.24) is 20.2 Å². The number of thiophene rings is 2. The highest BCUT2D eigenvalue weighted by Crippen LogP contribution is 2.37. The molecule has 39 heavy (non-hydrogen) atoms. The summed E-state index contributed by atoms with van der Waals surface area (Å²) in [5.74, 6) is 0.752. The molecule has 1 aromatic carbocycles. The number of benzene rings is 1. The van der Waals surface area contributed by atoms with E-state index in [1.807, 2.05) is 12.1 Å². The molecule has 4 aromatic rings. The number of nitrogens with one attached hydrogen (secondary N) is 1. The van der Waals surface area contributed by atoms with E-state index >= 15 is 0 Å². The van der Waals surface area contributed by atoms with Crippen LogP contribution in [0.3, 0.4) is 0 Å². The Morgan fingerprint density at radius 1 is 1.10 bits per heavy atom. The van der Waals surface area contributed by atoms with Crippen molar-refractivity contribution in [3.8, 4) is 10.4 Å². The summed E-state index contributed by atoms with van der Waals surface area (Å²) in [5.41, 5.74) is 2.34. The fraction of sp³-hybridized carbons (Fsp3) is 0.357. The van der Waals surface area contributed by atoms with E-state index in [0.29, 0.717) is 37.6 Å². The molecular weight excluding hydrogens is 554 g/mol. The summed E-state index contributed by atoms with van der Waals surface area (Å²) in [4.78, 5) is 40.5. The second-order valence-electron chi connectivity index (χ2n) is 10.4. The number of aromatic nitrogens is 2. The molecule has 11 heteroatoms. The average molecular weight is 584 g/mol. The quantitative estimate of drug-likeness (QED) is 0.306. The van der Waals surface area contributed by atoms with Gasteiger partial charge >= 0.3 is 6.09 Å². The molecule has 3 aromatic heterocycles. The van der Waals surface area contributed by atoms with Crippen molar-refractivity contribution in [3.63, 3.8) is 0 Å². The predicted octanol–water partition coefficient (Wildman–Crippen LogP) is 5.86. The Labute approximate surface area is 240 Å². The molecule has 5 rings (SSSR count). The highest BCUT2D eigenvalue weighted by molar-refractivity contribution is 7.23. The number of carbonyl (C=O) groups excluding carboxylic acids is 2. The average Bonchev–Trinajstić information content (AvgIpc) is 3.58. The first-order chi connectivity index (χ1) is 18.7. The van der Waals surface area contributed by atoms with Crippen molar-refractivity contribution in [2.75, 3.05) is 31.1 Å². The maximum absolute atomic E-state index is 13.6. The molecule has 0 radical (unpaired) electrons. The van der Waals surface area contributed by atoms with E-state index in [9.17, 15) is 9.59 Å². The van der Waals surface area contributed by atoms with Crippen molar-refractivity contribution in [2.45, 2.75) is 38.8 Å². The number of hydrogen-bond acceptors (Lipinski definition) is 8. The molecule has 0 bridgehead atoms. The van der Waals surface area contributed by atoms with Gasteiger partial charge in [-0.2, -0.15) is 11.3 Å². The molecule has 1 aliphatic rings. The van der Waals surface area contributed by atoms with Crippen LogP contribution >= 0.6 is 34.3 Å². The molecule has 1 saturated heterocycles. The molecule has 1 N–H and O–H groups in total. The molecular formula is C28H30ClN5O3S2. The number of carbonyl (C=O) groups is 2. The minimum Gasteiger partial charge on any atom is -0.444 e. The van der Waals surface area contributed by atoms with Gasteiger partial charge in [-0.05, 0) is 61.4 Å². The number of alkyl carbamates (subject to hydrolysis) is 1. The minimum atomic E-state index is -0.760. The maximum atomic E-state index is 13.6. The SMILES string of the molecule is CC(C)(C)OC(=O)NC(Cc1ccc(Cl)cc1)C(=O)N1CCN(c2ncnc3cc(-c4ccsc4)sc23)CC1. The molecule has 1 aliphatic heterocycles. The van der Waals surface area contributed by atoms with Gasteiger partial charge in [-0.25, -0.2) is 14.8 Å². The van der Waals surface area contributed by atoms with Crippen LogP contribution in [0.2, 0.25) is 5.02 Å². The Morgan fingerprint density at radius 3 is 2.51 bits per heavy atom. The molecule has 2 amide bonds. The van der Waals surface area contributed by atoms with Crippen LogP contribution in [0.4, 0.5) is 10.6 Å². The summed E-state index contributed by atoms with van der Waals surface area (Å²) >= 11 is 9.40. The van der Waals surface area contributed by atoms with Gasteiger partial charge in [-0.1, -0.05) is 23.7 Å². The number of anilines is 1.